The Hall–Kier alpha value is -1.66. The third kappa shape index (κ3) is 2.14. The Labute approximate surface area is 76.1 Å². The fraction of sp³-hybridized carbons (Fsp3) is 0.100. The molecule has 66 valence electrons. The molecule has 3 heteroatoms. The number of nitrogens with two attached hydrogens (primary N) is 1. The SMILES string of the molecule is N#Cc1cccc(C=CCN)c1F. The third-order valence-corrected chi connectivity index (χ3v) is 1.58. The van der Waals surface area contributed by atoms with Crippen LogP contribution < -0.4 is 5.73 Å². The molecule has 0 spiro atoms. The molecule has 0 heterocycles. The molecule has 0 atom stereocenters. The molecule has 0 unspecified atom stereocenters. The first-order chi connectivity index (χ1) is 6.29. The van der Waals surface area contributed by atoms with Gasteiger partial charge in [-0.05, 0) is 6.07 Å². The van der Waals surface area contributed by atoms with Gasteiger partial charge in [0, 0.05) is 12.1 Å². The van der Waals surface area contributed by atoms with Gasteiger partial charge in [-0.1, -0.05) is 24.3 Å². The average molecular weight is 176 g/mol. The molecular weight excluding hydrogens is 167 g/mol. The van der Waals surface area contributed by atoms with E-state index in [1.807, 2.05) is 0 Å². The van der Waals surface area contributed by atoms with E-state index in [2.05, 4.69) is 0 Å². The fourth-order valence-corrected chi connectivity index (χ4v) is 0.960. The highest BCUT2D eigenvalue weighted by Gasteiger charge is 2.03. The largest absolute Gasteiger partial charge is 0.327 e. The van der Waals surface area contributed by atoms with E-state index >= 15 is 0 Å². The molecule has 0 radical (unpaired) electrons. The van der Waals surface area contributed by atoms with E-state index in [1.54, 1.807) is 30.4 Å². The van der Waals surface area contributed by atoms with Gasteiger partial charge in [-0.25, -0.2) is 4.39 Å². The fourth-order valence-electron chi connectivity index (χ4n) is 0.960. The first kappa shape index (κ1) is 9.43. The van der Waals surface area contributed by atoms with Crippen LogP contribution in [0.1, 0.15) is 11.1 Å². The van der Waals surface area contributed by atoms with Crippen molar-refractivity contribution in [3.05, 3.63) is 41.2 Å². The van der Waals surface area contributed by atoms with Gasteiger partial charge in [0.15, 0.2) is 0 Å². The van der Waals surface area contributed by atoms with Gasteiger partial charge < -0.3 is 5.73 Å². The summed E-state index contributed by atoms with van der Waals surface area (Å²) in [6.45, 7) is 0.357. The summed E-state index contributed by atoms with van der Waals surface area (Å²) in [6.07, 6.45) is 3.20. The lowest BCUT2D eigenvalue weighted by Gasteiger charge is -1.97. The second kappa shape index (κ2) is 4.39. The van der Waals surface area contributed by atoms with Crippen LogP contribution in [0, 0.1) is 17.1 Å². The Morgan fingerprint density at radius 3 is 2.92 bits per heavy atom. The van der Waals surface area contributed by atoms with Gasteiger partial charge in [0.2, 0.25) is 0 Å². The normalized spacial score (nSPS) is 10.2. The lowest BCUT2D eigenvalue weighted by molar-refractivity contribution is 0.621. The van der Waals surface area contributed by atoms with E-state index in [-0.39, 0.29) is 5.56 Å². The number of nitriles is 1. The first-order valence-corrected chi connectivity index (χ1v) is 3.85. The van der Waals surface area contributed by atoms with Crippen LogP contribution in [-0.4, -0.2) is 6.54 Å². The second-order valence-corrected chi connectivity index (χ2v) is 2.46. The zero-order valence-corrected chi connectivity index (χ0v) is 7.00. The molecular formula is C10H9FN2. The van der Waals surface area contributed by atoms with Crippen molar-refractivity contribution in [2.45, 2.75) is 0 Å². The summed E-state index contributed by atoms with van der Waals surface area (Å²) in [5, 5.41) is 8.53. The number of rotatable bonds is 2. The van der Waals surface area contributed by atoms with Crippen LogP contribution in [0.4, 0.5) is 4.39 Å². The van der Waals surface area contributed by atoms with E-state index in [0.717, 1.165) is 0 Å². The van der Waals surface area contributed by atoms with Gasteiger partial charge in [-0.2, -0.15) is 5.26 Å². The van der Waals surface area contributed by atoms with Crippen LogP contribution >= 0.6 is 0 Å². The number of halogens is 1. The van der Waals surface area contributed by atoms with Crippen molar-refractivity contribution >= 4 is 6.08 Å². The van der Waals surface area contributed by atoms with Gasteiger partial charge in [0.05, 0.1) is 5.56 Å². The van der Waals surface area contributed by atoms with Crippen LogP contribution in [0.2, 0.25) is 0 Å². The Balaban J connectivity index is 3.10. The van der Waals surface area contributed by atoms with Gasteiger partial charge in [-0.15, -0.1) is 0 Å². The number of hydrogen-bond acceptors (Lipinski definition) is 2. The number of hydrogen-bond donors (Lipinski definition) is 1. The third-order valence-electron chi connectivity index (χ3n) is 1.58. The molecule has 0 saturated carbocycles. The van der Waals surface area contributed by atoms with Crippen molar-refractivity contribution in [2.75, 3.05) is 6.54 Å². The standard InChI is InChI=1S/C10H9FN2/c11-10-8(5-2-6-12)3-1-4-9(10)7-13/h1-5H,6,12H2. The highest BCUT2D eigenvalue weighted by atomic mass is 19.1. The molecule has 0 fully saturated rings. The molecule has 1 rings (SSSR count). The van der Waals surface area contributed by atoms with Crippen molar-refractivity contribution in [3.63, 3.8) is 0 Å². The molecule has 0 aliphatic heterocycles. The zero-order chi connectivity index (χ0) is 9.68. The minimum Gasteiger partial charge on any atom is -0.327 e. The summed E-state index contributed by atoms with van der Waals surface area (Å²) in [4.78, 5) is 0. The first-order valence-electron chi connectivity index (χ1n) is 3.85. The van der Waals surface area contributed by atoms with Crippen LogP contribution in [-0.2, 0) is 0 Å². The lowest BCUT2D eigenvalue weighted by atomic mass is 10.1. The van der Waals surface area contributed by atoms with Gasteiger partial charge >= 0.3 is 0 Å². The monoisotopic (exact) mass is 176 g/mol. The summed E-state index contributed by atoms with van der Waals surface area (Å²) >= 11 is 0. The molecule has 0 saturated heterocycles. The van der Waals surface area contributed by atoms with Crippen molar-refractivity contribution in [1.82, 2.24) is 0 Å². The van der Waals surface area contributed by atoms with Crippen LogP contribution in [0.3, 0.4) is 0 Å². The van der Waals surface area contributed by atoms with Crippen molar-refractivity contribution in [3.8, 4) is 6.07 Å². The van der Waals surface area contributed by atoms with E-state index in [0.29, 0.717) is 12.1 Å². The lowest BCUT2D eigenvalue weighted by Crippen LogP contribution is -1.93. The molecule has 0 bridgehead atoms. The van der Waals surface area contributed by atoms with E-state index in [1.165, 1.54) is 6.07 Å². The molecule has 13 heavy (non-hydrogen) atoms. The highest BCUT2D eigenvalue weighted by molar-refractivity contribution is 5.53. The van der Waals surface area contributed by atoms with E-state index < -0.39 is 5.82 Å². The maximum atomic E-state index is 13.3. The maximum absolute atomic E-state index is 13.3. The zero-order valence-electron chi connectivity index (χ0n) is 7.00. The highest BCUT2D eigenvalue weighted by Crippen LogP contribution is 2.13. The Morgan fingerprint density at radius 1 is 1.54 bits per heavy atom. The van der Waals surface area contributed by atoms with Gasteiger partial charge in [-0.3, -0.25) is 0 Å². The van der Waals surface area contributed by atoms with Crippen molar-refractivity contribution in [2.24, 2.45) is 5.73 Å². The van der Waals surface area contributed by atoms with E-state index in [4.69, 9.17) is 11.0 Å². The molecule has 0 aromatic heterocycles. The Bertz CT molecular complexity index is 364. The van der Waals surface area contributed by atoms with Crippen LogP contribution in [0.5, 0.6) is 0 Å². The van der Waals surface area contributed by atoms with E-state index in [9.17, 15) is 4.39 Å². The van der Waals surface area contributed by atoms with Crippen LogP contribution in [0.15, 0.2) is 24.3 Å². The molecule has 0 aliphatic rings. The Kier molecular flexibility index (Phi) is 3.18. The second-order valence-electron chi connectivity index (χ2n) is 2.46. The smallest absolute Gasteiger partial charge is 0.148 e. The number of nitrogens with zero attached hydrogens (tertiary/aromatic N) is 1. The molecule has 1 aromatic carbocycles. The van der Waals surface area contributed by atoms with Gasteiger partial charge in [0.1, 0.15) is 11.9 Å². The summed E-state index contributed by atoms with van der Waals surface area (Å²) in [7, 11) is 0. The number of benzene rings is 1. The van der Waals surface area contributed by atoms with Crippen LogP contribution in [0.25, 0.3) is 6.08 Å². The topological polar surface area (TPSA) is 49.8 Å². The summed E-state index contributed by atoms with van der Waals surface area (Å²) in [6, 6.07) is 6.45. The summed E-state index contributed by atoms with van der Waals surface area (Å²) in [5.74, 6) is -0.491. The molecule has 2 N–H and O–H groups in total. The molecule has 0 amide bonds. The predicted octanol–water partition coefficient (Wildman–Crippen LogP) is 1.67. The quantitative estimate of drug-likeness (QED) is 0.745. The minimum atomic E-state index is -0.491. The summed E-state index contributed by atoms with van der Waals surface area (Å²) in [5.41, 5.74) is 5.67. The summed E-state index contributed by atoms with van der Waals surface area (Å²) < 4.78 is 13.3. The molecule has 2 nitrogen and oxygen atoms in total. The maximum Gasteiger partial charge on any atom is 0.148 e. The predicted molar refractivity (Wildman–Crippen MR) is 49.2 cm³/mol. The Morgan fingerprint density at radius 2 is 2.31 bits per heavy atom. The van der Waals surface area contributed by atoms with Crippen molar-refractivity contribution in [1.29, 1.82) is 5.26 Å². The van der Waals surface area contributed by atoms with Crippen molar-refractivity contribution < 1.29 is 4.39 Å². The molecule has 1 aromatic rings. The minimum absolute atomic E-state index is 0.0548. The molecule has 0 aliphatic carbocycles. The van der Waals surface area contributed by atoms with Gasteiger partial charge in [0.25, 0.3) is 0 Å². The average Bonchev–Trinajstić information content (AvgIpc) is 2.16.